The van der Waals surface area contributed by atoms with Crippen molar-refractivity contribution in [3.8, 4) is 0 Å². The minimum Gasteiger partial charge on any atom is -0.347 e. The lowest BCUT2D eigenvalue weighted by atomic mass is 10.8. The Morgan fingerprint density at radius 1 is 1.75 bits per heavy atom. The molecule has 8 heavy (non-hydrogen) atoms. The highest BCUT2D eigenvalue weighted by Gasteiger charge is 1.86. The lowest BCUT2D eigenvalue weighted by Gasteiger charge is -1.70. The molecule has 0 aliphatic heterocycles. The van der Waals surface area contributed by atoms with Crippen LogP contribution in [0.3, 0.4) is 0 Å². The number of H-pyrrole nitrogens is 1. The van der Waals surface area contributed by atoms with Gasteiger partial charge in [-0.25, -0.2) is 4.98 Å². The van der Waals surface area contributed by atoms with Gasteiger partial charge in [-0.15, -0.1) is 12.4 Å². The molecule has 0 aliphatic rings. The van der Waals surface area contributed by atoms with Crippen LogP contribution in [0.15, 0.2) is 6.20 Å². The molecule has 4 heteroatoms. The van der Waals surface area contributed by atoms with E-state index in [1.165, 1.54) is 0 Å². The highest BCUT2D eigenvalue weighted by Crippen LogP contribution is 2.00. The van der Waals surface area contributed by atoms with E-state index in [0.717, 1.165) is 5.82 Å². The van der Waals surface area contributed by atoms with Gasteiger partial charge in [-0.3, -0.25) is 0 Å². The van der Waals surface area contributed by atoms with Crippen molar-refractivity contribution < 1.29 is 0 Å². The van der Waals surface area contributed by atoms with Gasteiger partial charge in [0.05, 0.1) is 0 Å². The molecule has 1 aromatic rings. The largest absolute Gasteiger partial charge is 0.347 e. The molecule has 0 amide bonds. The summed E-state index contributed by atoms with van der Waals surface area (Å²) in [6.07, 6.45) is 1.65. The van der Waals surface area contributed by atoms with E-state index < -0.39 is 0 Å². The van der Waals surface area contributed by atoms with Crippen LogP contribution in [-0.4, -0.2) is 9.97 Å². The van der Waals surface area contributed by atoms with E-state index in [9.17, 15) is 0 Å². The minimum atomic E-state index is 0. The second kappa shape index (κ2) is 2.95. The van der Waals surface area contributed by atoms with Crippen molar-refractivity contribution in [1.82, 2.24) is 9.97 Å². The molecule has 2 nitrogen and oxygen atoms in total. The maximum absolute atomic E-state index is 5.42. The zero-order valence-electron chi connectivity index (χ0n) is 4.31. The van der Waals surface area contributed by atoms with E-state index >= 15 is 0 Å². The average Bonchev–Trinajstić information content (AvgIpc) is 1.87. The van der Waals surface area contributed by atoms with Gasteiger partial charge in [0.15, 0.2) is 0 Å². The summed E-state index contributed by atoms with van der Waals surface area (Å²) in [5.41, 5.74) is 0. The van der Waals surface area contributed by atoms with E-state index in [0.29, 0.717) is 5.15 Å². The summed E-state index contributed by atoms with van der Waals surface area (Å²) in [4.78, 5) is 6.65. The number of imidazole rings is 1. The number of nitrogens with one attached hydrogen (secondary N) is 1. The molecule has 0 fully saturated rings. The predicted octanol–water partition coefficient (Wildman–Crippen LogP) is 1.79. The number of halogens is 2. The van der Waals surface area contributed by atoms with Crippen LogP contribution >= 0.6 is 24.0 Å². The van der Waals surface area contributed by atoms with Gasteiger partial charge in [-0.2, -0.15) is 0 Å². The Labute approximate surface area is 58.7 Å². The van der Waals surface area contributed by atoms with E-state index in [1.807, 2.05) is 6.92 Å². The van der Waals surface area contributed by atoms with Crippen molar-refractivity contribution in [3.63, 3.8) is 0 Å². The molecule has 0 saturated carbocycles. The number of aryl methyl sites for hydroxylation is 1. The smallest absolute Gasteiger partial charge is 0.147 e. The van der Waals surface area contributed by atoms with Crippen molar-refractivity contribution in [2.24, 2.45) is 0 Å². The van der Waals surface area contributed by atoms with Crippen molar-refractivity contribution in [2.45, 2.75) is 6.92 Å². The van der Waals surface area contributed by atoms with Crippen LogP contribution in [0.2, 0.25) is 5.15 Å². The van der Waals surface area contributed by atoms with Gasteiger partial charge in [0.1, 0.15) is 11.0 Å². The number of rotatable bonds is 0. The van der Waals surface area contributed by atoms with Crippen LogP contribution in [0.25, 0.3) is 0 Å². The maximum atomic E-state index is 5.42. The Morgan fingerprint density at radius 3 is 2.50 bits per heavy atom. The number of aromatic nitrogens is 2. The zero-order chi connectivity index (χ0) is 5.28. The van der Waals surface area contributed by atoms with Crippen LogP contribution in [0.4, 0.5) is 0 Å². The third-order valence-corrected chi connectivity index (χ3v) is 0.868. The zero-order valence-corrected chi connectivity index (χ0v) is 5.88. The third kappa shape index (κ3) is 1.72. The Kier molecular flexibility index (Phi) is 2.87. The molecule has 1 aromatic heterocycles. The van der Waals surface area contributed by atoms with Gasteiger partial charge in [0.2, 0.25) is 0 Å². The van der Waals surface area contributed by atoms with Crippen LogP contribution in [0.5, 0.6) is 0 Å². The van der Waals surface area contributed by atoms with E-state index in [4.69, 9.17) is 11.6 Å². The van der Waals surface area contributed by atoms with Crippen LogP contribution < -0.4 is 0 Å². The molecule has 0 saturated heterocycles. The summed E-state index contributed by atoms with van der Waals surface area (Å²) >= 11 is 5.42. The Morgan fingerprint density at radius 2 is 2.38 bits per heavy atom. The van der Waals surface area contributed by atoms with Crippen molar-refractivity contribution in [2.75, 3.05) is 0 Å². The lowest BCUT2D eigenvalue weighted by molar-refractivity contribution is 1.15. The van der Waals surface area contributed by atoms with Crippen molar-refractivity contribution in [3.05, 3.63) is 17.2 Å². The molecule has 1 N–H and O–H groups in total. The molecule has 0 bridgehead atoms. The summed E-state index contributed by atoms with van der Waals surface area (Å²) in [6.45, 7) is 1.85. The molecule has 0 aromatic carbocycles. The first-order chi connectivity index (χ1) is 3.29. The van der Waals surface area contributed by atoms with Gasteiger partial charge in [-0.05, 0) is 6.92 Å². The number of aromatic amines is 1. The first kappa shape index (κ1) is 7.79. The summed E-state index contributed by atoms with van der Waals surface area (Å²) < 4.78 is 0. The maximum Gasteiger partial charge on any atom is 0.147 e. The molecule has 0 radical (unpaired) electrons. The number of hydrogen-bond donors (Lipinski definition) is 1. The molecule has 1 heterocycles. The van der Waals surface area contributed by atoms with Crippen LogP contribution in [0, 0.1) is 6.92 Å². The molecule has 0 atom stereocenters. The second-order valence-corrected chi connectivity index (χ2v) is 1.70. The van der Waals surface area contributed by atoms with Gasteiger partial charge >= 0.3 is 0 Å². The van der Waals surface area contributed by atoms with Crippen molar-refractivity contribution in [1.29, 1.82) is 0 Å². The van der Waals surface area contributed by atoms with Crippen molar-refractivity contribution >= 4 is 24.0 Å². The monoisotopic (exact) mass is 152 g/mol. The SMILES string of the molecule is Cc1nc(Cl)c[nH]1.Cl. The highest BCUT2D eigenvalue weighted by atomic mass is 35.5. The quantitative estimate of drug-likeness (QED) is 0.604. The summed E-state index contributed by atoms with van der Waals surface area (Å²) in [7, 11) is 0. The minimum absolute atomic E-state index is 0. The fourth-order valence-electron chi connectivity index (χ4n) is 0.389. The predicted molar refractivity (Wildman–Crippen MR) is 35.6 cm³/mol. The van der Waals surface area contributed by atoms with E-state index in [-0.39, 0.29) is 12.4 Å². The highest BCUT2D eigenvalue weighted by molar-refractivity contribution is 6.29. The van der Waals surface area contributed by atoms with Crippen LogP contribution in [0.1, 0.15) is 5.82 Å². The first-order valence-corrected chi connectivity index (χ1v) is 2.34. The normalized spacial score (nSPS) is 8.25. The third-order valence-electron chi connectivity index (χ3n) is 0.675. The van der Waals surface area contributed by atoms with E-state index in [1.54, 1.807) is 6.20 Å². The number of nitrogens with zero attached hydrogens (tertiary/aromatic N) is 1. The molecular weight excluding hydrogens is 147 g/mol. The fraction of sp³-hybridized carbons (Fsp3) is 0.250. The lowest BCUT2D eigenvalue weighted by Crippen LogP contribution is -1.67. The summed E-state index contributed by atoms with van der Waals surface area (Å²) in [6, 6.07) is 0. The Hall–Kier alpha value is -0.210. The standard InChI is InChI=1S/C4H5ClN2.ClH/c1-3-6-2-4(5)7-3;/h2H,1H3,(H,6,7);1H. The van der Waals surface area contributed by atoms with Gasteiger partial charge < -0.3 is 4.98 Å². The Bertz CT molecular complexity index is 144. The van der Waals surface area contributed by atoms with E-state index in [2.05, 4.69) is 9.97 Å². The first-order valence-electron chi connectivity index (χ1n) is 1.96. The van der Waals surface area contributed by atoms with Gasteiger partial charge in [0, 0.05) is 6.20 Å². The molecule has 0 aliphatic carbocycles. The molecular formula is C4H6Cl2N2. The summed E-state index contributed by atoms with van der Waals surface area (Å²) in [5, 5.41) is 0.525. The molecule has 0 spiro atoms. The topological polar surface area (TPSA) is 28.7 Å². The molecule has 46 valence electrons. The fourth-order valence-corrected chi connectivity index (χ4v) is 0.570. The molecule has 1 rings (SSSR count). The summed E-state index contributed by atoms with van der Waals surface area (Å²) in [5.74, 6) is 0.852. The Balaban J connectivity index is 0.000000490. The van der Waals surface area contributed by atoms with Gasteiger partial charge in [-0.1, -0.05) is 11.6 Å². The van der Waals surface area contributed by atoms with Crippen LogP contribution in [-0.2, 0) is 0 Å². The second-order valence-electron chi connectivity index (χ2n) is 1.31. The van der Waals surface area contributed by atoms with Gasteiger partial charge in [0.25, 0.3) is 0 Å². The number of hydrogen-bond acceptors (Lipinski definition) is 1. The molecule has 0 unspecified atom stereocenters. The average molecular weight is 153 g/mol.